The van der Waals surface area contributed by atoms with Crippen molar-refractivity contribution >= 4 is 28.4 Å². The Morgan fingerprint density at radius 1 is 1.02 bits per heavy atom. The minimum Gasteiger partial charge on any atom is -0.465 e. The number of amides is 1. The number of aromatic nitrogens is 2. The molecule has 6 heterocycles. The third-order valence-corrected chi connectivity index (χ3v) is 11.4. The minimum absolute atomic E-state index is 0.0145. The molecule has 10 nitrogen and oxygen atoms in total. The van der Waals surface area contributed by atoms with Gasteiger partial charge in [0.05, 0.1) is 36.5 Å². The summed E-state index contributed by atoms with van der Waals surface area (Å²) in [5.41, 5.74) is 4.70. The summed E-state index contributed by atoms with van der Waals surface area (Å²) in [5, 5.41) is 22.4. The number of nitrogens with zero attached hydrogens (tertiary/aromatic N) is 6. The number of carbonyl (C=O) groups is 1. The molecule has 0 radical (unpaired) electrons. The second-order valence-electron chi connectivity index (χ2n) is 13.7. The van der Waals surface area contributed by atoms with E-state index in [1.165, 1.54) is 27.6 Å². The van der Waals surface area contributed by atoms with Crippen LogP contribution in [0, 0.1) is 0 Å². The van der Waals surface area contributed by atoms with Crippen LogP contribution in [0.3, 0.4) is 0 Å². The molecule has 0 saturated carbocycles. The number of rotatable bonds is 7. The first-order valence-corrected chi connectivity index (χ1v) is 16.9. The topological polar surface area (TPSA) is 105 Å². The van der Waals surface area contributed by atoms with E-state index < -0.39 is 6.09 Å². The summed E-state index contributed by atoms with van der Waals surface area (Å²) in [6, 6.07) is 13.8. The van der Waals surface area contributed by atoms with Crippen molar-refractivity contribution in [3.05, 3.63) is 53.2 Å². The van der Waals surface area contributed by atoms with Crippen LogP contribution in [-0.2, 0) is 19.4 Å². The van der Waals surface area contributed by atoms with Gasteiger partial charge in [-0.1, -0.05) is 37.3 Å². The molecule has 4 fully saturated rings. The largest absolute Gasteiger partial charge is 0.465 e. The van der Waals surface area contributed by atoms with Gasteiger partial charge in [-0.3, -0.25) is 9.80 Å². The van der Waals surface area contributed by atoms with E-state index in [1.54, 1.807) is 4.90 Å². The Morgan fingerprint density at radius 2 is 1.82 bits per heavy atom. The zero-order chi connectivity index (χ0) is 30.7. The molecule has 2 unspecified atom stereocenters. The number of ether oxygens (including phenoxy) is 1. The Bertz CT molecular complexity index is 1600. The number of fused-ring (bicyclic) bond motifs is 5. The highest BCUT2D eigenvalue weighted by Crippen LogP contribution is 2.43. The van der Waals surface area contributed by atoms with Crippen molar-refractivity contribution in [2.75, 3.05) is 49.2 Å². The number of piperazine rings is 1. The quantitative estimate of drug-likeness (QED) is 0.400. The lowest BCUT2D eigenvalue weighted by atomic mass is 9.95. The number of hydrogen-bond acceptors (Lipinski definition) is 8. The van der Waals surface area contributed by atoms with Crippen LogP contribution in [0.25, 0.3) is 10.8 Å². The molecule has 45 heavy (non-hydrogen) atoms. The van der Waals surface area contributed by atoms with E-state index in [4.69, 9.17) is 14.7 Å². The van der Waals surface area contributed by atoms with Gasteiger partial charge in [0.2, 0.25) is 0 Å². The van der Waals surface area contributed by atoms with Crippen LogP contribution < -0.4 is 14.5 Å². The van der Waals surface area contributed by atoms with Crippen LogP contribution in [0.15, 0.2) is 36.4 Å². The van der Waals surface area contributed by atoms with Crippen molar-refractivity contribution in [1.29, 1.82) is 0 Å². The predicted molar refractivity (Wildman–Crippen MR) is 173 cm³/mol. The van der Waals surface area contributed by atoms with Gasteiger partial charge in [0.25, 0.3) is 0 Å². The van der Waals surface area contributed by atoms with Crippen LogP contribution in [0.2, 0.25) is 0 Å². The molecule has 4 saturated heterocycles. The number of benzene rings is 2. The van der Waals surface area contributed by atoms with E-state index in [-0.39, 0.29) is 30.3 Å². The van der Waals surface area contributed by atoms with Gasteiger partial charge in [0, 0.05) is 42.3 Å². The molecule has 238 valence electrons. The molecule has 0 spiro atoms. The summed E-state index contributed by atoms with van der Waals surface area (Å²) in [6.07, 6.45) is 6.96. The molecule has 10 heteroatoms. The summed E-state index contributed by atoms with van der Waals surface area (Å²) in [7, 11) is 0. The van der Waals surface area contributed by atoms with Gasteiger partial charge in [0.15, 0.2) is 0 Å². The maximum absolute atomic E-state index is 12.0. The third kappa shape index (κ3) is 4.79. The summed E-state index contributed by atoms with van der Waals surface area (Å²) in [4.78, 5) is 31.1. The van der Waals surface area contributed by atoms with E-state index in [2.05, 4.69) is 58.0 Å². The fourth-order valence-electron chi connectivity index (χ4n) is 9.27. The fourth-order valence-corrected chi connectivity index (χ4v) is 9.27. The van der Waals surface area contributed by atoms with Gasteiger partial charge >= 0.3 is 12.1 Å². The molecule has 0 aliphatic carbocycles. The molecule has 4 atom stereocenters. The molecule has 2 N–H and O–H groups in total. The molecule has 2 aromatic carbocycles. The van der Waals surface area contributed by atoms with Gasteiger partial charge in [-0.15, -0.1) is 0 Å². The fraction of sp³-hybridized carbons (Fsp3) is 0.571. The van der Waals surface area contributed by atoms with E-state index in [9.17, 15) is 15.0 Å². The van der Waals surface area contributed by atoms with Gasteiger partial charge in [-0.2, -0.15) is 9.97 Å². The molecular weight excluding hydrogens is 568 g/mol. The van der Waals surface area contributed by atoms with Gasteiger partial charge in [0.1, 0.15) is 12.4 Å². The Kier molecular flexibility index (Phi) is 7.24. The SMILES string of the molecule is CCc1cccc2cccc(N3CCc4c(nc(OCC56CCCN5C(CO)CC6)nc4N4C[C@H]5CC[C@@H](C4)N5C(=O)O)C3)c12. The van der Waals surface area contributed by atoms with E-state index in [0.29, 0.717) is 32.3 Å². The summed E-state index contributed by atoms with van der Waals surface area (Å²) in [5.74, 6) is 0.921. The second kappa shape index (κ2) is 11.3. The number of aliphatic hydroxyl groups excluding tert-OH is 1. The maximum Gasteiger partial charge on any atom is 0.407 e. The van der Waals surface area contributed by atoms with Crippen molar-refractivity contribution in [2.45, 2.75) is 88.5 Å². The molecule has 5 aliphatic heterocycles. The molecule has 3 aromatic rings. The van der Waals surface area contributed by atoms with Crippen LogP contribution in [0.4, 0.5) is 16.3 Å². The van der Waals surface area contributed by atoms with Crippen LogP contribution in [0.1, 0.15) is 62.3 Å². The summed E-state index contributed by atoms with van der Waals surface area (Å²) in [6.45, 7) is 6.76. The molecular formula is C35H44N6O4. The second-order valence-corrected chi connectivity index (χ2v) is 13.7. The zero-order valence-electron chi connectivity index (χ0n) is 26.2. The first-order chi connectivity index (χ1) is 22.0. The monoisotopic (exact) mass is 612 g/mol. The van der Waals surface area contributed by atoms with Crippen LogP contribution in [0.5, 0.6) is 6.01 Å². The molecule has 5 aliphatic rings. The Labute approximate surface area is 264 Å². The smallest absolute Gasteiger partial charge is 0.407 e. The van der Waals surface area contributed by atoms with E-state index in [0.717, 1.165) is 76.0 Å². The van der Waals surface area contributed by atoms with E-state index in [1.807, 2.05) is 0 Å². The first kappa shape index (κ1) is 28.8. The van der Waals surface area contributed by atoms with Gasteiger partial charge < -0.3 is 24.7 Å². The average Bonchev–Trinajstić information content (AvgIpc) is 3.72. The summed E-state index contributed by atoms with van der Waals surface area (Å²) >= 11 is 0. The van der Waals surface area contributed by atoms with E-state index >= 15 is 0 Å². The number of carboxylic acid groups (broad SMARTS) is 1. The maximum atomic E-state index is 12.0. The average molecular weight is 613 g/mol. The standard InChI is InChI=1S/C35H44N6O4/c1-2-23-6-3-7-24-8-4-9-30(31(23)24)38-17-13-28-29(20-38)36-33(45-22-35-14-5-16-40(35)27(21-42)12-15-35)37-32(28)39-18-25-10-11-26(19-39)41(25)34(43)44/h3-4,6-9,25-27,42H,2,5,10-22H2,1H3,(H,43,44)/t25-,26+,27?,35?. The predicted octanol–water partition coefficient (Wildman–Crippen LogP) is 4.45. The number of aryl methyl sites for hydroxylation is 1. The zero-order valence-corrected chi connectivity index (χ0v) is 26.2. The Morgan fingerprint density at radius 3 is 2.58 bits per heavy atom. The van der Waals surface area contributed by atoms with Crippen molar-refractivity contribution in [2.24, 2.45) is 0 Å². The van der Waals surface area contributed by atoms with Crippen molar-refractivity contribution < 1.29 is 19.7 Å². The lowest BCUT2D eigenvalue weighted by Crippen LogP contribution is -2.56. The third-order valence-electron chi connectivity index (χ3n) is 11.4. The minimum atomic E-state index is -0.814. The van der Waals surface area contributed by atoms with Crippen molar-refractivity contribution in [3.8, 4) is 6.01 Å². The van der Waals surface area contributed by atoms with Crippen LogP contribution in [-0.4, -0.2) is 99.1 Å². The lowest BCUT2D eigenvalue weighted by molar-refractivity contribution is 0.0641. The number of anilines is 2. The normalized spacial score (nSPS) is 27.7. The summed E-state index contributed by atoms with van der Waals surface area (Å²) < 4.78 is 6.57. The molecule has 8 rings (SSSR count). The number of aliphatic hydroxyl groups is 1. The highest BCUT2D eigenvalue weighted by molar-refractivity contribution is 5.97. The lowest BCUT2D eigenvalue weighted by Gasteiger charge is -2.41. The highest BCUT2D eigenvalue weighted by Gasteiger charge is 2.50. The molecule has 1 aromatic heterocycles. The highest BCUT2D eigenvalue weighted by atomic mass is 16.5. The Balaban J connectivity index is 1.14. The van der Waals surface area contributed by atoms with Crippen molar-refractivity contribution in [3.63, 3.8) is 0 Å². The van der Waals surface area contributed by atoms with Gasteiger partial charge in [-0.05, 0) is 74.9 Å². The van der Waals surface area contributed by atoms with Gasteiger partial charge in [-0.25, -0.2) is 4.79 Å². The molecule has 2 bridgehead atoms. The van der Waals surface area contributed by atoms with Crippen LogP contribution >= 0.6 is 0 Å². The Hall–Kier alpha value is -3.63. The first-order valence-electron chi connectivity index (χ1n) is 16.9. The number of hydrogen-bond donors (Lipinski definition) is 2. The molecule has 1 amide bonds. The van der Waals surface area contributed by atoms with Crippen molar-refractivity contribution in [1.82, 2.24) is 19.8 Å².